The van der Waals surface area contributed by atoms with E-state index in [-0.39, 0.29) is 0 Å². The van der Waals surface area contributed by atoms with Crippen molar-refractivity contribution < 1.29 is 4.42 Å². The molecule has 0 fully saturated rings. The van der Waals surface area contributed by atoms with Gasteiger partial charge in [0.2, 0.25) is 0 Å². The summed E-state index contributed by atoms with van der Waals surface area (Å²) in [5.74, 6) is 0.748. The summed E-state index contributed by atoms with van der Waals surface area (Å²) >= 11 is 1.60. The van der Waals surface area contributed by atoms with Gasteiger partial charge in [0.05, 0.1) is 11.4 Å². The molecule has 6 nitrogen and oxygen atoms in total. The Kier molecular flexibility index (Phi) is 2.22. The molecule has 0 aliphatic rings. The lowest BCUT2D eigenvalue weighted by molar-refractivity contribution is 0.553. The second kappa shape index (κ2) is 3.86. The Labute approximate surface area is 94.5 Å². The van der Waals surface area contributed by atoms with Crippen molar-refractivity contribution in [2.45, 2.75) is 6.54 Å². The molecular formula is C9H7N5OS. The molecule has 0 spiro atoms. The summed E-state index contributed by atoms with van der Waals surface area (Å²) in [5.41, 5.74) is 0.796. The lowest BCUT2D eigenvalue weighted by Gasteiger charge is -1.98. The molecule has 0 atom stereocenters. The number of rotatable bonds is 3. The maximum Gasteiger partial charge on any atom is 0.192 e. The molecule has 80 valence electrons. The molecule has 3 aromatic rings. The lowest BCUT2D eigenvalue weighted by atomic mass is 10.4. The average Bonchev–Trinajstić information content (AvgIpc) is 2.98. The molecule has 0 N–H and O–H groups in total. The van der Waals surface area contributed by atoms with Crippen LogP contribution in [0, 0.1) is 0 Å². The van der Waals surface area contributed by atoms with Gasteiger partial charge in [0, 0.05) is 0 Å². The minimum Gasteiger partial charge on any atom is -0.451 e. The number of oxazole rings is 1. The summed E-state index contributed by atoms with van der Waals surface area (Å²) < 4.78 is 6.60. The zero-order valence-electron chi connectivity index (χ0n) is 8.15. The zero-order valence-corrected chi connectivity index (χ0v) is 8.96. The van der Waals surface area contributed by atoms with Crippen LogP contribution in [0.3, 0.4) is 0 Å². The van der Waals surface area contributed by atoms with E-state index in [9.17, 15) is 0 Å². The highest BCUT2D eigenvalue weighted by molar-refractivity contribution is 7.13. The van der Waals surface area contributed by atoms with Crippen molar-refractivity contribution in [3.8, 4) is 10.7 Å². The van der Waals surface area contributed by atoms with Crippen LogP contribution < -0.4 is 0 Å². The molecule has 0 amide bonds. The molecular weight excluding hydrogens is 226 g/mol. The molecule has 0 aliphatic carbocycles. The minimum absolute atomic E-state index is 0.511. The summed E-state index contributed by atoms with van der Waals surface area (Å²) in [6, 6.07) is 3.95. The highest BCUT2D eigenvalue weighted by Crippen LogP contribution is 2.21. The quantitative estimate of drug-likeness (QED) is 0.684. The monoisotopic (exact) mass is 233 g/mol. The van der Waals surface area contributed by atoms with Gasteiger partial charge in [-0.3, -0.25) is 0 Å². The first-order valence-corrected chi connectivity index (χ1v) is 5.48. The molecule has 0 aromatic carbocycles. The minimum atomic E-state index is 0.511. The summed E-state index contributed by atoms with van der Waals surface area (Å²) in [4.78, 5) is 5.07. The van der Waals surface area contributed by atoms with Crippen molar-refractivity contribution in [1.29, 1.82) is 0 Å². The van der Waals surface area contributed by atoms with Gasteiger partial charge < -0.3 is 4.42 Å². The van der Waals surface area contributed by atoms with Crippen molar-refractivity contribution in [1.82, 2.24) is 25.2 Å². The molecule has 3 aromatic heterocycles. The van der Waals surface area contributed by atoms with Gasteiger partial charge in [0.1, 0.15) is 12.0 Å². The Bertz CT molecular complexity index is 557. The van der Waals surface area contributed by atoms with E-state index in [2.05, 4.69) is 20.5 Å². The highest BCUT2D eigenvalue weighted by atomic mass is 32.1. The predicted molar refractivity (Wildman–Crippen MR) is 56.7 cm³/mol. The topological polar surface area (TPSA) is 69.6 Å². The van der Waals surface area contributed by atoms with Crippen LogP contribution in [-0.4, -0.2) is 25.2 Å². The Hall–Kier alpha value is -2.02. The van der Waals surface area contributed by atoms with Crippen LogP contribution in [0.1, 0.15) is 5.69 Å². The maximum absolute atomic E-state index is 4.90. The van der Waals surface area contributed by atoms with Gasteiger partial charge in [-0.1, -0.05) is 6.07 Å². The predicted octanol–water partition coefficient (Wildman–Crippen LogP) is 1.44. The fourth-order valence-electron chi connectivity index (χ4n) is 1.36. The van der Waals surface area contributed by atoms with Crippen molar-refractivity contribution in [3.63, 3.8) is 0 Å². The van der Waals surface area contributed by atoms with Gasteiger partial charge >= 0.3 is 0 Å². The summed E-state index contributed by atoms with van der Waals surface area (Å²) in [6.45, 7) is 0.511. The lowest BCUT2D eigenvalue weighted by Crippen LogP contribution is -2.03. The second-order valence-electron chi connectivity index (χ2n) is 3.12. The third-order valence-electron chi connectivity index (χ3n) is 2.07. The smallest absolute Gasteiger partial charge is 0.192 e. The van der Waals surface area contributed by atoms with Crippen molar-refractivity contribution >= 4 is 11.3 Å². The van der Waals surface area contributed by atoms with Crippen LogP contribution in [0.2, 0.25) is 0 Å². The van der Waals surface area contributed by atoms with Gasteiger partial charge in [-0.25, -0.2) is 9.67 Å². The van der Waals surface area contributed by atoms with Crippen LogP contribution in [0.4, 0.5) is 0 Å². The van der Waals surface area contributed by atoms with E-state index >= 15 is 0 Å². The molecule has 16 heavy (non-hydrogen) atoms. The first kappa shape index (κ1) is 9.22. The van der Waals surface area contributed by atoms with Crippen LogP contribution in [0.25, 0.3) is 10.7 Å². The SMILES string of the molecule is c1csc(-c2nnnn2Cc2cocn2)c1. The van der Waals surface area contributed by atoms with Gasteiger partial charge in [-0.2, -0.15) is 0 Å². The molecule has 0 bridgehead atoms. The second-order valence-corrected chi connectivity index (χ2v) is 4.06. The van der Waals surface area contributed by atoms with Gasteiger partial charge in [-0.05, 0) is 21.9 Å². The molecule has 3 rings (SSSR count). The van der Waals surface area contributed by atoms with Gasteiger partial charge in [0.15, 0.2) is 12.2 Å². The largest absolute Gasteiger partial charge is 0.451 e. The summed E-state index contributed by atoms with van der Waals surface area (Å²) in [7, 11) is 0. The fourth-order valence-corrected chi connectivity index (χ4v) is 2.07. The van der Waals surface area contributed by atoms with E-state index in [1.165, 1.54) is 6.39 Å². The first-order valence-electron chi connectivity index (χ1n) is 4.60. The Morgan fingerprint density at radius 3 is 3.19 bits per heavy atom. The molecule has 0 aliphatic heterocycles. The number of nitrogens with zero attached hydrogens (tertiary/aromatic N) is 5. The van der Waals surface area contributed by atoms with E-state index in [0.717, 1.165) is 16.4 Å². The zero-order chi connectivity index (χ0) is 10.8. The van der Waals surface area contributed by atoms with E-state index in [4.69, 9.17) is 4.42 Å². The number of hydrogen-bond donors (Lipinski definition) is 0. The summed E-state index contributed by atoms with van der Waals surface area (Å²) in [6.07, 6.45) is 2.98. The van der Waals surface area contributed by atoms with Crippen molar-refractivity contribution in [3.05, 3.63) is 35.9 Å². The number of thiophene rings is 1. The van der Waals surface area contributed by atoms with Crippen LogP contribution >= 0.6 is 11.3 Å². The first-order chi connectivity index (χ1) is 7.93. The van der Waals surface area contributed by atoms with Crippen LogP contribution in [0.5, 0.6) is 0 Å². The molecule has 7 heteroatoms. The average molecular weight is 233 g/mol. The highest BCUT2D eigenvalue weighted by Gasteiger charge is 2.10. The normalized spacial score (nSPS) is 10.8. The maximum atomic E-state index is 4.90. The summed E-state index contributed by atoms with van der Waals surface area (Å²) in [5, 5.41) is 13.6. The third-order valence-corrected chi connectivity index (χ3v) is 2.93. The third kappa shape index (κ3) is 1.61. The van der Waals surface area contributed by atoms with E-state index < -0.39 is 0 Å². The molecule has 0 unspecified atom stereocenters. The van der Waals surface area contributed by atoms with Gasteiger partial charge in [0.25, 0.3) is 0 Å². The molecule has 3 heterocycles. The van der Waals surface area contributed by atoms with Crippen LogP contribution in [-0.2, 0) is 6.54 Å². The Morgan fingerprint density at radius 1 is 1.44 bits per heavy atom. The number of tetrazole rings is 1. The molecule has 0 saturated carbocycles. The fraction of sp³-hybridized carbons (Fsp3) is 0.111. The van der Waals surface area contributed by atoms with E-state index in [0.29, 0.717) is 6.54 Å². The van der Waals surface area contributed by atoms with Crippen molar-refractivity contribution in [2.24, 2.45) is 0 Å². The van der Waals surface area contributed by atoms with Crippen LogP contribution in [0.15, 0.2) is 34.6 Å². The standard InChI is InChI=1S/C9H7N5OS/c1-2-8(16-3-1)9-11-12-13-14(9)4-7-5-15-6-10-7/h1-3,5-6H,4H2. The van der Waals surface area contributed by atoms with Gasteiger partial charge in [-0.15, -0.1) is 16.4 Å². The number of hydrogen-bond acceptors (Lipinski definition) is 6. The van der Waals surface area contributed by atoms with E-state index in [1.54, 1.807) is 22.3 Å². The molecule has 0 radical (unpaired) electrons. The Morgan fingerprint density at radius 2 is 2.44 bits per heavy atom. The molecule has 0 saturated heterocycles. The number of aromatic nitrogens is 5. The Balaban J connectivity index is 1.94. The van der Waals surface area contributed by atoms with E-state index in [1.807, 2.05) is 17.5 Å². The van der Waals surface area contributed by atoms with Crippen molar-refractivity contribution in [2.75, 3.05) is 0 Å².